The Balaban J connectivity index is 2.23. The summed E-state index contributed by atoms with van der Waals surface area (Å²) in [5.41, 5.74) is 3.05. The van der Waals surface area contributed by atoms with Crippen LogP contribution in [0, 0.1) is 0 Å². The standard InChI is InChI=1S/C15H16BrNOS/c1-3-14(18)12-6-4-5-7-13(12)17(2)9-11-8-15(16)19-10-11/h4-8,10H,3,9H2,1-2H3. The molecule has 0 aliphatic carbocycles. The van der Waals surface area contributed by atoms with Crippen molar-refractivity contribution in [2.24, 2.45) is 0 Å². The molecule has 0 saturated heterocycles. The molecule has 0 aliphatic heterocycles. The highest BCUT2D eigenvalue weighted by molar-refractivity contribution is 9.11. The Hall–Kier alpha value is -1.13. The van der Waals surface area contributed by atoms with Gasteiger partial charge in [0.25, 0.3) is 0 Å². The minimum Gasteiger partial charge on any atom is -0.370 e. The predicted molar refractivity (Wildman–Crippen MR) is 85.2 cm³/mol. The highest BCUT2D eigenvalue weighted by Crippen LogP contribution is 2.25. The minimum atomic E-state index is 0.189. The van der Waals surface area contributed by atoms with Crippen LogP contribution in [-0.4, -0.2) is 12.8 Å². The lowest BCUT2D eigenvalue weighted by Crippen LogP contribution is -2.18. The zero-order chi connectivity index (χ0) is 13.8. The van der Waals surface area contributed by atoms with Crippen molar-refractivity contribution in [1.29, 1.82) is 0 Å². The van der Waals surface area contributed by atoms with Gasteiger partial charge in [-0.15, -0.1) is 11.3 Å². The second-order valence-electron chi connectivity index (χ2n) is 4.41. The summed E-state index contributed by atoms with van der Waals surface area (Å²) < 4.78 is 1.13. The van der Waals surface area contributed by atoms with E-state index in [1.165, 1.54) is 5.56 Å². The number of thiophene rings is 1. The van der Waals surface area contributed by atoms with Crippen molar-refractivity contribution in [3.63, 3.8) is 0 Å². The maximum absolute atomic E-state index is 12.0. The van der Waals surface area contributed by atoms with E-state index >= 15 is 0 Å². The lowest BCUT2D eigenvalue weighted by Gasteiger charge is -2.21. The van der Waals surface area contributed by atoms with Crippen LogP contribution < -0.4 is 4.90 Å². The van der Waals surface area contributed by atoms with Gasteiger partial charge in [-0.05, 0) is 45.1 Å². The fraction of sp³-hybridized carbons (Fsp3) is 0.267. The Kier molecular flexibility index (Phi) is 4.77. The van der Waals surface area contributed by atoms with Gasteiger partial charge in [-0.1, -0.05) is 19.1 Å². The van der Waals surface area contributed by atoms with Crippen molar-refractivity contribution in [2.75, 3.05) is 11.9 Å². The van der Waals surface area contributed by atoms with E-state index < -0.39 is 0 Å². The lowest BCUT2D eigenvalue weighted by molar-refractivity contribution is 0.0988. The number of carbonyl (C=O) groups is 1. The molecule has 1 aromatic carbocycles. The normalized spacial score (nSPS) is 10.5. The summed E-state index contributed by atoms with van der Waals surface area (Å²) in [4.78, 5) is 14.1. The average molecular weight is 338 g/mol. The number of para-hydroxylation sites is 1. The van der Waals surface area contributed by atoms with Gasteiger partial charge in [-0.2, -0.15) is 0 Å². The smallest absolute Gasteiger partial charge is 0.164 e. The van der Waals surface area contributed by atoms with Crippen LogP contribution in [0.2, 0.25) is 0 Å². The summed E-state index contributed by atoms with van der Waals surface area (Å²) in [7, 11) is 2.02. The van der Waals surface area contributed by atoms with Crippen molar-refractivity contribution in [3.8, 4) is 0 Å². The number of ketones is 1. The molecule has 100 valence electrons. The highest BCUT2D eigenvalue weighted by atomic mass is 79.9. The molecule has 0 bridgehead atoms. The molecule has 0 atom stereocenters. The molecule has 0 N–H and O–H groups in total. The number of benzene rings is 1. The molecule has 2 aromatic rings. The van der Waals surface area contributed by atoms with Crippen molar-refractivity contribution < 1.29 is 4.79 Å². The molecule has 0 radical (unpaired) electrons. The molecular formula is C15H16BrNOS. The average Bonchev–Trinajstić information content (AvgIpc) is 2.83. The first-order chi connectivity index (χ1) is 9.11. The molecule has 1 aromatic heterocycles. The maximum Gasteiger partial charge on any atom is 0.164 e. The molecule has 0 fully saturated rings. The number of rotatable bonds is 5. The Morgan fingerprint density at radius 1 is 1.37 bits per heavy atom. The molecule has 0 spiro atoms. The van der Waals surface area contributed by atoms with Gasteiger partial charge in [-0.25, -0.2) is 0 Å². The maximum atomic E-state index is 12.0. The van der Waals surface area contributed by atoms with E-state index in [1.807, 2.05) is 38.2 Å². The van der Waals surface area contributed by atoms with Crippen molar-refractivity contribution in [1.82, 2.24) is 0 Å². The third kappa shape index (κ3) is 3.45. The van der Waals surface area contributed by atoms with E-state index in [9.17, 15) is 4.79 Å². The molecule has 0 amide bonds. The number of hydrogen-bond acceptors (Lipinski definition) is 3. The van der Waals surface area contributed by atoms with E-state index in [4.69, 9.17) is 0 Å². The van der Waals surface area contributed by atoms with E-state index in [-0.39, 0.29) is 5.78 Å². The van der Waals surface area contributed by atoms with Crippen LogP contribution in [0.4, 0.5) is 5.69 Å². The van der Waals surface area contributed by atoms with Crippen molar-refractivity contribution in [3.05, 3.63) is 50.6 Å². The number of hydrogen-bond donors (Lipinski definition) is 0. The third-order valence-corrected chi connectivity index (χ3v) is 4.53. The summed E-state index contributed by atoms with van der Waals surface area (Å²) in [5, 5.41) is 2.13. The first kappa shape index (κ1) is 14.3. The molecule has 2 rings (SSSR count). The number of halogens is 1. The fourth-order valence-corrected chi connectivity index (χ4v) is 3.22. The second-order valence-corrected chi connectivity index (χ2v) is 6.70. The topological polar surface area (TPSA) is 20.3 Å². The molecular weight excluding hydrogens is 322 g/mol. The Morgan fingerprint density at radius 3 is 2.74 bits per heavy atom. The number of anilines is 1. The Bertz CT molecular complexity index is 579. The predicted octanol–water partition coefficient (Wildman–Crippen LogP) is 4.74. The van der Waals surface area contributed by atoms with Gasteiger partial charge in [0, 0.05) is 31.3 Å². The number of Topliss-reactive ketones (excluding diaryl/α,β-unsaturated/α-hetero) is 1. The molecule has 19 heavy (non-hydrogen) atoms. The zero-order valence-electron chi connectivity index (χ0n) is 11.0. The number of nitrogens with zero attached hydrogens (tertiary/aromatic N) is 1. The van der Waals surface area contributed by atoms with Crippen molar-refractivity contribution >= 4 is 38.7 Å². The second kappa shape index (κ2) is 6.35. The molecule has 1 heterocycles. The zero-order valence-corrected chi connectivity index (χ0v) is 13.4. The van der Waals surface area contributed by atoms with E-state index in [2.05, 4.69) is 32.3 Å². The van der Waals surface area contributed by atoms with Crippen LogP contribution in [0.1, 0.15) is 29.3 Å². The Morgan fingerprint density at radius 2 is 2.11 bits per heavy atom. The molecule has 0 saturated carbocycles. The summed E-state index contributed by atoms with van der Waals surface area (Å²) in [5.74, 6) is 0.189. The highest BCUT2D eigenvalue weighted by Gasteiger charge is 2.12. The molecule has 2 nitrogen and oxygen atoms in total. The third-order valence-electron chi connectivity index (χ3n) is 2.98. The largest absolute Gasteiger partial charge is 0.370 e. The molecule has 4 heteroatoms. The summed E-state index contributed by atoms with van der Waals surface area (Å²) >= 11 is 5.15. The first-order valence-electron chi connectivity index (χ1n) is 6.18. The summed E-state index contributed by atoms with van der Waals surface area (Å²) in [6.07, 6.45) is 0.537. The van der Waals surface area contributed by atoms with Crippen LogP contribution in [0.3, 0.4) is 0 Å². The summed E-state index contributed by atoms with van der Waals surface area (Å²) in [6.45, 7) is 2.70. The van der Waals surface area contributed by atoms with Gasteiger partial charge in [0.05, 0.1) is 3.79 Å². The van der Waals surface area contributed by atoms with Gasteiger partial charge in [0.2, 0.25) is 0 Å². The van der Waals surface area contributed by atoms with Crippen LogP contribution in [0.5, 0.6) is 0 Å². The van der Waals surface area contributed by atoms with E-state index in [0.717, 1.165) is 21.6 Å². The van der Waals surface area contributed by atoms with Crippen LogP contribution >= 0.6 is 27.3 Å². The summed E-state index contributed by atoms with van der Waals surface area (Å²) in [6, 6.07) is 9.92. The van der Waals surface area contributed by atoms with Gasteiger partial charge in [0.15, 0.2) is 5.78 Å². The Labute approximate surface area is 126 Å². The number of carbonyl (C=O) groups excluding carboxylic acids is 1. The lowest BCUT2D eigenvalue weighted by atomic mass is 10.1. The van der Waals surface area contributed by atoms with Crippen LogP contribution in [0.25, 0.3) is 0 Å². The van der Waals surface area contributed by atoms with Crippen LogP contribution in [-0.2, 0) is 6.54 Å². The fourth-order valence-electron chi connectivity index (χ4n) is 2.02. The van der Waals surface area contributed by atoms with Gasteiger partial charge in [-0.3, -0.25) is 4.79 Å². The van der Waals surface area contributed by atoms with Crippen molar-refractivity contribution in [2.45, 2.75) is 19.9 Å². The minimum absolute atomic E-state index is 0.189. The van der Waals surface area contributed by atoms with Gasteiger partial charge in [0.1, 0.15) is 0 Å². The van der Waals surface area contributed by atoms with Crippen LogP contribution in [0.15, 0.2) is 39.5 Å². The monoisotopic (exact) mass is 337 g/mol. The van der Waals surface area contributed by atoms with Gasteiger partial charge >= 0.3 is 0 Å². The quantitative estimate of drug-likeness (QED) is 0.734. The van der Waals surface area contributed by atoms with E-state index in [0.29, 0.717) is 6.42 Å². The molecule has 0 aliphatic rings. The van der Waals surface area contributed by atoms with E-state index in [1.54, 1.807) is 11.3 Å². The molecule has 0 unspecified atom stereocenters. The first-order valence-corrected chi connectivity index (χ1v) is 7.85. The SMILES string of the molecule is CCC(=O)c1ccccc1N(C)Cc1csc(Br)c1. The van der Waals surface area contributed by atoms with Gasteiger partial charge < -0.3 is 4.90 Å².